The highest BCUT2D eigenvalue weighted by molar-refractivity contribution is 7.99. The van der Waals surface area contributed by atoms with Crippen LogP contribution < -0.4 is 9.47 Å². The van der Waals surface area contributed by atoms with Crippen LogP contribution in [-0.2, 0) is 11.3 Å². The lowest BCUT2D eigenvalue weighted by atomic mass is 10.2. The lowest BCUT2D eigenvalue weighted by molar-refractivity contribution is 0.144. The molecular formula is C17H18O3S. The Morgan fingerprint density at radius 3 is 2.71 bits per heavy atom. The van der Waals surface area contributed by atoms with Crippen LogP contribution in [0.2, 0.25) is 0 Å². The van der Waals surface area contributed by atoms with E-state index in [4.69, 9.17) is 14.2 Å². The molecule has 0 N–H and O–H groups in total. The van der Waals surface area contributed by atoms with Crippen LogP contribution in [0.3, 0.4) is 0 Å². The molecule has 1 unspecified atom stereocenters. The van der Waals surface area contributed by atoms with Crippen LogP contribution in [0.15, 0.2) is 48.5 Å². The Balaban J connectivity index is 1.76. The van der Waals surface area contributed by atoms with E-state index in [1.807, 2.05) is 60.3 Å². The molecule has 3 rings (SSSR count). The fourth-order valence-electron chi connectivity index (χ4n) is 2.24. The summed E-state index contributed by atoms with van der Waals surface area (Å²) >= 11 is 1.81. The predicted molar refractivity (Wildman–Crippen MR) is 84.9 cm³/mol. The van der Waals surface area contributed by atoms with Crippen molar-refractivity contribution in [1.29, 1.82) is 0 Å². The molecule has 0 aliphatic carbocycles. The van der Waals surface area contributed by atoms with E-state index in [1.165, 1.54) is 0 Å². The molecule has 1 saturated heterocycles. The first-order valence-corrected chi connectivity index (χ1v) is 7.99. The van der Waals surface area contributed by atoms with Gasteiger partial charge in [-0.25, -0.2) is 0 Å². The summed E-state index contributed by atoms with van der Waals surface area (Å²) in [7, 11) is 1.66. The minimum Gasteiger partial charge on any atom is -0.493 e. The van der Waals surface area contributed by atoms with Gasteiger partial charge in [0.1, 0.15) is 12.0 Å². The second-order valence-corrected chi connectivity index (χ2v) is 5.93. The van der Waals surface area contributed by atoms with E-state index in [9.17, 15) is 0 Å². The highest BCUT2D eigenvalue weighted by atomic mass is 32.2. The van der Waals surface area contributed by atoms with Gasteiger partial charge in [-0.1, -0.05) is 36.4 Å². The molecule has 1 fully saturated rings. The van der Waals surface area contributed by atoms with Gasteiger partial charge in [-0.15, -0.1) is 11.8 Å². The molecule has 3 nitrogen and oxygen atoms in total. The van der Waals surface area contributed by atoms with E-state index in [0.717, 1.165) is 35.0 Å². The van der Waals surface area contributed by atoms with Crippen LogP contribution in [-0.4, -0.2) is 19.5 Å². The van der Waals surface area contributed by atoms with Crippen molar-refractivity contribution < 1.29 is 14.2 Å². The Hall–Kier alpha value is -1.65. The van der Waals surface area contributed by atoms with Gasteiger partial charge in [-0.2, -0.15) is 0 Å². The van der Waals surface area contributed by atoms with Gasteiger partial charge in [-0.05, 0) is 23.3 Å². The molecule has 2 aromatic rings. The zero-order valence-corrected chi connectivity index (χ0v) is 12.8. The quantitative estimate of drug-likeness (QED) is 0.833. The minimum atomic E-state index is 0.106. The Labute approximate surface area is 129 Å². The lowest BCUT2D eigenvalue weighted by Crippen LogP contribution is -2.00. The minimum absolute atomic E-state index is 0.106. The van der Waals surface area contributed by atoms with Gasteiger partial charge in [0.25, 0.3) is 0 Å². The summed E-state index contributed by atoms with van der Waals surface area (Å²) in [4.78, 5) is 0. The van der Waals surface area contributed by atoms with E-state index < -0.39 is 0 Å². The summed E-state index contributed by atoms with van der Waals surface area (Å²) in [6.45, 7) is 1.33. The van der Waals surface area contributed by atoms with E-state index in [-0.39, 0.29) is 5.44 Å². The van der Waals surface area contributed by atoms with Gasteiger partial charge in [0.15, 0.2) is 11.5 Å². The molecule has 21 heavy (non-hydrogen) atoms. The van der Waals surface area contributed by atoms with Gasteiger partial charge in [-0.3, -0.25) is 0 Å². The molecule has 2 aromatic carbocycles. The highest BCUT2D eigenvalue weighted by Gasteiger charge is 2.20. The van der Waals surface area contributed by atoms with Crippen molar-refractivity contribution in [1.82, 2.24) is 0 Å². The van der Waals surface area contributed by atoms with Crippen LogP contribution >= 0.6 is 11.8 Å². The Kier molecular flexibility index (Phi) is 4.68. The molecule has 0 bridgehead atoms. The zero-order valence-electron chi connectivity index (χ0n) is 12.0. The molecule has 0 spiro atoms. The molecule has 4 heteroatoms. The zero-order chi connectivity index (χ0) is 14.5. The second-order valence-electron chi connectivity index (χ2n) is 4.76. The van der Waals surface area contributed by atoms with Crippen molar-refractivity contribution in [2.75, 3.05) is 19.5 Å². The molecule has 110 valence electrons. The topological polar surface area (TPSA) is 27.7 Å². The third-order valence-corrected chi connectivity index (χ3v) is 4.43. The largest absolute Gasteiger partial charge is 0.493 e. The van der Waals surface area contributed by atoms with Crippen molar-refractivity contribution >= 4 is 11.8 Å². The molecule has 0 amide bonds. The summed E-state index contributed by atoms with van der Waals surface area (Å²) in [6.07, 6.45) is 0. The first-order valence-electron chi connectivity index (χ1n) is 6.94. The lowest BCUT2D eigenvalue weighted by Gasteiger charge is -2.15. The summed E-state index contributed by atoms with van der Waals surface area (Å²) in [5.74, 6) is 2.55. The van der Waals surface area contributed by atoms with Gasteiger partial charge in [0, 0.05) is 5.75 Å². The summed E-state index contributed by atoms with van der Waals surface area (Å²) in [6, 6.07) is 16.1. The third kappa shape index (κ3) is 3.52. The summed E-state index contributed by atoms with van der Waals surface area (Å²) in [5.41, 5.74) is 2.37. The smallest absolute Gasteiger partial charge is 0.162 e. The number of thioether (sulfide) groups is 1. The van der Waals surface area contributed by atoms with Gasteiger partial charge in [0.2, 0.25) is 0 Å². The Morgan fingerprint density at radius 2 is 2.00 bits per heavy atom. The van der Waals surface area contributed by atoms with Gasteiger partial charge in [0.05, 0.1) is 13.7 Å². The standard InChI is InChI=1S/C17H18O3S/c1-18-15-8-7-14(17-19-9-10-21-17)11-16(15)20-12-13-5-3-2-4-6-13/h2-8,11,17H,9-10,12H2,1H3. The predicted octanol–water partition coefficient (Wildman–Crippen LogP) is 4.04. The number of methoxy groups -OCH3 is 1. The van der Waals surface area contributed by atoms with Crippen LogP contribution in [0.25, 0.3) is 0 Å². The normalized spacial score (nSPS) is 17.7. The van der Waals surface area contributed by atoms with Gasteiger partial charge >= 0.3 is 0 Å². The average molecular weight is 302 g/mol. The van der Waals surface area contributed by atoms with Crippen molar-refractivity contribution in [2.24, 2.45) is 0 Å². The van der Waals surface area contributed by atoms with Crippen LogP contribution in [0, 0.1) is 0 Å². The first kappa shape index (κ1) is 14.3. The number of rotatable bonds is 5. The van der Waals surface area contributed by atoms with Crippen molar-refractivity contribution in [3.05, 3.63) is 59.7 Å². The number of benzene rings is 2. The van der Waals surface area contributed by atoms with Crippen molar-refractivity contribution in [3.8, 4) is 11.5 Å². The van der Waals surface area contributed by atoms with E-state index in [2.05, 4.69) is 0 Å². The maximum atomic E-state index is 5.92. The molecular weight excluding hydrogens is 284 g/mol. The summed E-state index contributed by atoms with van der Waals surface area (Å²) in [5, 5.41) is 0. The van der Waals surface area contributed by atoms with E-state index >= 15 is 0 Å². The molecule has 1 aliphatic rings. The third-order valence-electron chi connectivity index (χ3n) is 3.32. The van der Waals surface area contributed by atoms with E-state index in [0.29, 0.717) is 6.61 Å². The van der Waals surface area contributed by atoms with Crippen LogP contribution in [0.5, 0.6) is 11.5 Å². The molecule has 1 heterocycles. The van der Waals surface area contributed by atoms with Crippen LogP contribution in [0.1, 0.15) is 16.6 Å². The summed E-state index contributed by atoms with van der Waals surface area (Å²) < 4.78 is 17.0. The Bertz CT molecular complexity index is 580. The number of ether oxygens (including phenoxy) is 3. The van der Waals surface area contributed by atoms with Gasteiger partial charge < -0.3 is 14.2 Å². The Morgan fingerprint density at radius 1 is 1.14 bits per heavy atom. The van der Waals surface area contributed by atoms with Crippen LogP contribution in [0.4, 0.5) is 0 Å². The van der Waals surface area contributed by atoms with E-state index in [1.54, 1.807) is 7.11 Å². The van der Waals surface area contributed by atoms with Crippen molar-refractivity contribution in [3.63, 3.8) is 0 Å². The molecule has 1 atom stereocenters. The SMILES string of the molecule is COc1ccc(C2OCCS2)cc1OCc1ccccc1. The molecule has 0 radical (unpaired) electrons. The highest BCUT2D eigenvalue weighted by Crippen LogP contribution is 2.39. The molecule has 0 aromatic heterocycles. The first-order chi connectivity index (χ1) is 10.4. The second kappa shape index (κ2) is 6.87. The molecule has 0 saturated carbocycles. The average Bonchev–Trinajstić information content (AvgIpc) is 3.08. The maximum Gasteiger partial charge on any atom is 0.162 e. The molecule has 1 aliphatic heterocycles. The fourth-order valence-corrected chi connectivity index (χ4v) is 3.18. The van der Waals surface area contributed by atoms with Crippen molar-refractivity contribution in [2.45, 2.75) is 12.0 Å². The fraction of sp³-hybridized carbons (Fsp3) is 0.294. The number of hydrogen-bond acceptors (Lipinski definition) is 4. The number of hydrogen-bond donors (Lipinski definition) is 0. The maximum absolute atomic E-state index is 5.92. The monoisotopic (exact) mass is 302 g/mol.